The van der Waals surface area contributed by atoms with Crippen molar-refractivity contribution in [1.82, 2.24) is 4.98 Å². The highest BCUT2D eigenvalue weighted by molar-refractivity contribution is 7.12. The number of para-hydroxylation sites is 1. The van der Waals surface area contributed by atoms with Gasteiger partial charge in [0.1, 0.15) is 5.82 Å². The van der Waals surface area contributed by atoms with Crippen molar-refractivity contribution < 1.29 is 9.53 Å². The van der Waals surface area contributed by atoms with Crippen LogP contribution in [0.15, 0.2) is 53.9 Å². The Morgan fingerprint density at radius 1 is 1.16 bits per heavy atom. The van der Waals surface area contributed by atoms with Crippen LogP contribution in [0.1, 0.15) is 15.2 Å². The largest absolute Gasteiger partial charge is 0.378 e. The quantitative estimate of drug-likeness (QED) is 0.526. The smallest absolute Gasteiger partial charge is 0.195 e. The van der Waals surface area contributed by atoms with Crippen molar-refractivity contribution in [3.05, 3.63) is 64.4 Å². The first-order chi connectivity index (χ1) is 12.3. The maximum atomic E-state index is 12.3. The standard InChI is InChI=1S/C20H18N2O2S/c23-18(19-6-3-13-25-19)8-7-16-14-15-4-1-2-5-17(15)21-20(16)22-9-11-24-12-10-22/h1-8,13-14H,9-12H2/b8-7+. The summed E-state index contributed by atoms with van der Waals surface area (Å²) in [6, 6.07) is 13.9. The lowest BCUT2D eigenvalue weighted by Gasteiger charge is -2.29. The third-order valence-corrected chi connectivity index (χ3v) is 5.11. The molecule has 126 valence electrons. The number of hydrogen-bond acceptors (Lipinski definition) is 5. The Morgan fingerprint density at radius 2 is 2.00 bits per heavy atom. The second-order valence-corrected chi connectivity index (χ2v) is 6.82. The highest BCUT2D eigenvalue weighted by Gasteiger charge is 2.16. The zero-order chi connectivity index (χ0) is 17.1. The highest BCUT2D eigenvalue weighted by atomic mass is 32.1. The number of ketones is 1. The van der Waals surface area contributed by atoms with E-state index in [1.54, 1.807) is 6.08 Å². The number of allylic oxidation sites excluding steroid dienone is 1. The third-order valence-electron chi connectivity index (χ3n) is 4.22. The average Bonchev–Trinajstić information content (AvgIpc) is 3.21. The van der Waals surface area contributed by atoms with Gasteiger partial charge in [0.25, 0.3) is 0 Å². The van der Waals surface area contributed by atoms with E-state index in [1.807, 2.05) is 47.9 Å². The summed E-state index contributed by atoms with van der Waals surface area (Å²) in [5, 5.41) is 2.99. The Morgan fingerprint density at radius 3 is 2.80 bits per heavy atom. The number of carbonyl (C=O) groups is 1. The van der Waals surface area contributed by atoms with E-state index in [9.17, 15) is 4.79 Å². The first kappa shape index (κ1) is 16.0. The minimum atomic E-state index is 0.0242. The molecule has 25 heavy (non-hydrogen) atoms. The molecule has 0 atom stereocenters. The number of ether oxygens (including phenoxy) is 1. The van der Waals surface area contributed by atoms with Gasteiger partial charge < -0.3 is 9.64 Å². The SMILES string of the molecule is O=C(/C=C/c1cc2ccccc2nc1N1CCOCC1)c1cccs1. The lowest BCUT2D eigenvalue weighted by atomic mass is 10.1. The van der Waals surface area contributed by atoms with Gasteiger partial charge >= 0.3 is 0 Å². The second kappa shape index (κ2) is 7.17. The van der Waals surface area contributed by atoms with Crippen molar-refractivity contribution in [1.29, 1.82) is 0 Å². The molecule has 1 fully saturated rings. The Labute approximate surface area is 150 Å². The Bertz CT molecular complexity index is 913. The van der Waals surface area contributed by atoms with Crippen LogP contribution in [0, 0.1) is 0 Å². The second-order valence-electron chi connectivity index (χ2n) is 5.87. The molecule has 0 radical (unpaired) electrons. The molecule has 4 nitrogen and oxygen atoms in total. The molecular weight excluding hydrogens is 332 g/mol. The molecule has 0 bridgehead atoms. The van der Waals surface area contributed by atoms with Crippen LogP contribution in [0.25, 0.3) is 17.0 Å². The maximum absolute atomic E-state index is 12.3. The number of nitrogens with zero attached hydrogens (tertiary/aromatic N) is 2. The van der Waals surface area contributed by atoms with E-state index < -0.39 is 0 Å². The van der Waals surface area contributed by atoms with Crippen molar-refractivity contribution >= 4 is 39.9 Å². The summed E-state index contributed by atoms with van der Waals surface area (Å²) in [7, 11) is 0. The minimum Gasteiger partial charge on any atom is -0.378 e. The molecule has 0 spiro atoms. The van der Waals surface area contributed by atoms with Crippen LogP contribution in [-0.4, -0.2) is 37.1 Å². The van der Waals surface area contributed by atoms with Crippen LogP contribution in [0.5, 0.6) is 0 Å². The van der Waals surface area contributed by atoms with Crippen molar-refractivity contribution in [2.24, 2.45) is 0 Å². The van der Waals surface area contributed by atoms with E-state index in [-0.39, 0.29) is 5.78 Å². The van der Waals surface area contributed by atoms with Crippen molar-refractivity contribution in [2.45, 2.75) is 0 Å². The molecule has 1 aliphatic rings. The number of fused-ring (bicyclic) bond motifs is 1. The summed E-state index contributed by atoms with van der Waals surface area (Å²) < 4.78 is 5.46. The van der Waals surface area contributed by atoms with E-state index in [0.717, 1.165) is 40.3 Å². The highest BCUT2D eigenvalue weighted by Crippen LogP contribution is 2.26. The zero-order valence-corrected chi connectivity index (χ0v) is 14.5. The molecule has 3 aromatic rings. The number of aromatic nitrogens is 1. The fourth-order valence-electron chi connectivity index (χ4n) is 2.94. The van der Waals surface area contributed by atoms with Gasteiger partial charge in [-0.3, -0.25) is 4.79 Å². The molecule has 0 unspecified atom stereocenters. The number of rotatable bonds is 4. The predicted octanol–water partition coefficient (Wildman–Crippen LogP) is 4.03. The summed E-state index contributed by atoms with van der Waals surface area (Å²) in [6.45, 7) is 3.02. The lowest BCUT2D eigenvalue weighted by molar-refractivity contribution is 0.105. The van der Waals surface area contributed by atoms with Crippen LogP contribution < -0.4 is 4.90 Å². The summed E-state index contributed by atoms with van der Waals surface area (Å²) in [5.74, 6) is 0.938. The molecule has 1 saturated heterocycles. The summed E-state index contributed by atoms with van der Waals surface area (Å²) >= 11 is 1.46. The van der Waals surface area contributed by atoms with Gasteiger partial charge in [-0.2, -0.15) is 0 Å². The molecule has 0 amide bonds. The topological polar surface area (TPSA) is 42.4 Å². The predicted molar refractivity (Wildman–Crippen MR) is 102 cm³/mol. The Kier molecular flexibility index (Phi) is 4.59. The van der Waals surface area contributed by atoms with Gasteiger partial charge in [0.05, 0.1) is 23.6 Å². The molecule has 0 saturated carbocycles. The average molecular weight is 350 g/mol. The van der Waals surface area contributed by atoms with Gasteiger partial charge in [-0.05, 0) is 35.7 Å². The molecule has 4 rings (SSSR count). The van der Waals surface area contributed by atoms with Gasteiger partial charge in [0.2, 0.25) is 0 Å². The van der Waals surface area contributed by atoms with Crippen molar-refractivity contribution in [3.63, 3.8) is 0 Å². The number of morpholine rings is 1. The van der Waals surface area contributed by atoms with Gasteiger partial charge in [-0.25, -0.2) is 4.98 Å². The maximum Gasteiger partial charge on any atom is 0.195 e. The first-order valence-electron chi connectivity index (χ1n) is 8.30. The van der Waals surface area contributed by atoms with Crippen molar-refractivity contribution in [3.8, 4) is 0 Å². The molecular formula is C20H18N2O2S. The summed E-state index contributed by atoms with van der Waals surface area (Å²) in [4.78, 5) is 20.1. The van der Waals surface area contributed by atoms with Crippen molar-refractivity contribution in [2.75, 3.05) is 31.2 Å². The fourth-order valence-corrected chi connectivity index (χ4v) is 3.58. The number of thiophene rings is 1. The van der Waals surface area contributed by atoms with E-state index >= 15 is 0 Å². The number of carbonyl (C=O) groups excluding carboxylic acids is 1. The number of hydrogen-bond donors (Lipinski definition) is 0. The van der Waals surface area contributed by atoms with Crippen LogP contribution in [0.3, 0.4) is 0 Å². The summed E-state index contributed by atoms with van der Waals surface area (Å²) in [6.07, 6.45) is 3.52. The molecule has 5 heteroatoms. The third kappa shape index (κ3) is 3.48. The van der Waals surface area contributed by atoms with Crippen LogP contribution in [-0.2, 0) is 4.74 Å². The molecule has 0 N–H and O–H groups in total. The Hall–Kier alpha value is -2.50. The lowest BCUT2D eigenvalue weighted by Crippen LogP contribution is -2.37. The monoisotopic (exact) mass is 350 g/mol. The molecule has 1 aliphatic heterocycles. The minimum absolute atomic E-state index is 0.0242. The normalized spacial score (nSPS) is 15.1. The number of benzene rings is 1. The molecule has 2 aromatic heterocycles. The molecule has 3 heterocycles. The van der Waals surface area contributed by atoms with Crippen LogP contribution in [0.4, 0.5) is 5.82 Å². The van der Waals surface area contributed by atoms with E-state index in [1.165, 1.54) is 11.3 Å². The van der Waals surface area contributed by atoms with Crippen LogP contribution >= 0.6 is 11.3 Å². The van der Waals surface area contributed by atoms with Gasteiger partial charge in [-0.15, -0.1) is 11.3 Å². The van der Waals surface area contributed by atoms with Gasteiger partial charge in [0.15, 0.2) is 5.78 Å². The van der Waals surface area contributed by atoms with E-state index in [4.69, 9.17) is 9.72 Å². The Balaban J connectivity index is 1.73. The van der Waals surface area contributed by atoms with Crippen LogP contribution in [0.2, 0.25) is 0 Å². The number of anilines is 1. The zero-order valence-electron chi connectivity index (χ0n) is 13.7. The van der Waals surface area contributed by atoms with E-state index in [2.05, 4.69) is 11.0 Å². The van der Waals surface area contributed by atoms with Gasteiger partial charge in [-0.1, -0.05) is 24.3 Å². The first-order valence-corrected chi connectivity index (χ1v) is 9.17. The number of pyridine rings is 1. The molecule has 1 aromatic carbocycles. The summed E-state index contributed by atoms with van der Waals surface area (Å²) in [5.41, 5.74) is 1.93. The fraction of sp³-hybridized carbons (Fsp3) is 0.200. The van der Waals surface area contributed by atoms with Gasteiger partial charge in [0, 0.05) is 24.0 Å². The molecule has 0 aliphatic carbocycles. The van der Waals surface area contributed by atoms with E-state index in [0.29, 0.717) is 13.2 Å².